The van der Waals surface area contributed by atoms with Crippen LogP contribution < -0.4 is 10.6 Å². The first-order valence-corrected chi connectivity index (χ1v) is 13.0. The standard InChI is InChI=1S/C28H35N3O5/c1-3-14-29-24(33)21-22-26(35)31(15-6-7-16-32)23(28(22)13-12-27(21,2)36-28)25(34)30-20-11-10-18-8-4-5-9-19(18)17-20/h4-5,8-11,17,21-23,32H,3,6-7,12-16H2,1-2H3,(H,29,33)(H,30,34)/t21-,22-,23?,27+,28?/m0/s1. The number of hydrogen-bond acceptors (Lipinski definition) is 5. The van der Waals surface area contributed by atoms with Crippen LogP contribution in [-0.2, 0) is 19.1 Å². The predicted molar refractivity (Wildman–Crippen MR) is 136 cm³/mol. The highest BCUT2D eigenvalue weighted by molar-refractivity contribution is 6.04. The molecule has 3 aliphatic rings. The molecule has 3 aliphatic heterocycles. The fourth-order valence-corrected chi connectivity index (χ4v) is 6.60. The maximum Gasteiger partial charge on any atom is 0.250 e. The number of nitrogens with zero attached hydrogens (tertiary/aromatic N) is 1. The van der Waals surface area contributed by atoms with Crippen LogP contribution in [0.1, 0.15) is 46.0 Å². The van der Waals surface area contributed by atoms with E-state index < -0.39 is 29.1 Å². The van der Waals surface area contributed by atoms with Gasteiger partial charge >= 0.3 is 0 Å². The maximum atomic E-state index is 13.9. The number of likely N-dealkylation sites (tertiary alicyclic amines) is 1. The average Bonchev–Trinajstić information content (AvgIpc) is 3.43. The van der Waals surface area contributed by atoms with Gasteiger partial charge in [-0.1, -0.05) is 37.3 Å². The lowest BCUT2D eigenvalue weighted by molar-refractivity contribution is -0.144. The lowest BCUT2D eigenvalue weighted by Crippen LogP contribution is -2.53. The summed E-state index contributed by atoms with van der Waals surface area (Å²) in [6, 6.07) is 12.8. The van der Waals surface area contributed by atoms with Crippen LogP contribution in [0.4, 0.5) is 5.69 Å². The van der Waals surface area contributed by atoms with Crippen LogP contribution in [-0.4, -0.2) is 64.7 Å². The third-order valence-corrected chi connectivity index (χ3v) is 8.18. The fourth-order valence-electron chi connectivity index (χ4n) is 6.60. The summed E-state index contributed by atoms with van der Waals surface area (Å²) in [6.45, 7) is 4.76. The molecule has 2 bridgehead atoms. The molecule has 0 aromatic heterocycles. The minimum atomic E-state index is -1.04. The molecule has 2 aromatic rings. The van der Waals surface area contributed by atoms with Crippen LogP contribution in [0, 0.1) is 11.8 Å². The van der Waals surface area contributed by atoms with Gasteiger partial charge in [0.25, 0.3) is 0 Å². The smallest absolute Gasteiger partial charge is 0.250 e. The van der Waals surface area contributed by atoms with Crippen LogP contribution in [0.25, 0.3) is 10.8 Å². The number of rotatable bonds is 9. The number of carbonyl (C=O) groups excluding carboxylic acids is 3. The molecule has 5 atom stereocenters. The van der Waals surface area contributed by atoms with E-state index in [2.05, 4.69) is 10.6 Å². The average molecular weight is 494 g/mol. The molecule has 8 nitrogen and oxygen atoms in total. The van der Waals surface area contributed by atoms with Gasteiger partial charge in [0.2, 0.25) is 17.7 Å². The van der Waals surface area contributed by atoms with E-state index in [-0.39, 0.29) is 24.3 Å². The normalized spacial score (nSPS) is 30.6. The second kappa shape index (κ2) is 9.48. The molecule has 2 aromatic carbocycles. The Kier molecular flexibility index (Phi) is 6.51. The third-order valence-electron chi connectivity index (χ3n) is 8.18. The first-order valence-electron chi connectivity index (χ1n) is 13.0. The first-order chi connectivity index (χ1) is 17.3. The SMILES string of the molecule is CCCNC(=O)[C@@H]1[C@H]2C(=O)N(CCCCO)C(C(=O)Nc3ccc4ccccc4c3)C23CC[C@@]1(C)O3. The predicted octanol–water partition coefficient (Wildman–Crippen LogP) is 2.84. The molecular formula is C28H35N3O5. The molecule has 0 aliphatic carbocycles. The van der Waals surface area contributed by atoms with Crippen molar-refractivity contribution in [2.75, 3.05) is 25.0 Å². The molecular weight excluding hydrogens is 458 g/mol. The summed E-state index contributed by atoms with van der Waals surface area (Å²) in [5.41, 5.74) is -1.17. The Morgan fingerprint density at radius 1 is 1.11 bits per heavy atom. The van der Waals surface area contributed by atoms with Crippen molar-refractivity contribution < 1.29 is 24.2 Å². The molecule has 2 unspecified atom stereocenters. The Labute approximate surface area is 211 Å². The largest absolute Gasteiger partial charge is 0.396 e. The van der Waals surface area contributed by atoms with Gasteiger partial charge in [0.1, 0.15) is 11.6 Å². The van der Waals surface area contributed by atoms with Gasteiger partial charge in [0.15, 0.2) is 0 Å². The lowest BCUT2D eigenvalue weighted by Gasteiger charge is -2.33. The molecule has 36 heavy (non-hydrogen) atoms. The lowest BCUT2D eigenvalue weighted by atomic mass is 9.66. The van der Waals surface area contributed by atoms with Crippen molar-refractivity contribution in [3.05, 3.63) is 42.5 Å². The van der Waals surface area contributed by atoms with E-state index in [1.54, 1.807) is 4.90 Å². The Morgan fingerprint density at radius 3 is 2.64 bits per heavy atom. The Hall–Kier alpha value is -2.97. The highest BCUT2D eigenvalue weighted by Crippen LogP contribution is 2.63. The Bertz CT molecular complexity index is 1180. The number of aliphatic hydroxyl groups is 1. The quantitative estimate of drug-likeness (QED) is 0.466. The summed E-state index contributed by atoms with van der Waals surface area (Å²) in [7, 11) is 0. The molecule has 3 saturated heterocycles. The first kappa shape index (κ1) is 24.7. The van der Waals surface area contributed by atoms with E-state index in [1.165, 1.54) is 0 Å². The summed E-state index contributed by atoms with van der Waals surface area (Å²) in [5.74, 6) is -2.01. The van der Waals surface area contributed by atoms with E-state index in [9.17, 15) is 19.5 Å². The number of aliphatic hydroxyl groups excluding tert-OH is 1. The zero-order valence-electron chi connectivity index (χ0n) is 21.0. The summed E-state index contributed by atoms with van der Waals surface area (Å²) < 4.78 is 6.60. The van der Waals surface area contributed by atoms with Crippen LogP contribution in [0.2, 0.25) is 0 Å². The van der Waals surface area contributed by atoms with Crippen molar-refractivity contribution in [2.24, 2.45) is 11.8 Å². The number of ether oxygens (including phenoxy) is 1. The van der Waals surface area contributed by atoms with Crippen molar-refractivity contribution in [3.63, 3.8) is 0 Å². The number of carbonyl (C=O) groups is 3. The maximum absolute atomic E-state index is 13.9. The highest BCUT2D eigenvalue weighted by atomic mass is 16.5. The second-order valence-corrected chi connectivity index (χ2v) is 10.5. The van der Waals surface area contributed by atoms with Gasteiger partial charge in [-0.25, -0.2) is 0 Å². The minimum absolute atomic E-state index is 0.0151. The number of hydrogen-bond donors (Lipinski definition) is 3. The van der Waals surface area contributed by atoms with E-state index >= 15 is 0 Å². The van der Waals surface area contributed by atoms with Crippen LogP contribution in [0.5, 0.6) is 0 Å². The van der Waals surface area contributed by atoms with Crippen molar-refractivity contribution in [2.45, 2.75) is 63.2 Å². The number of unbranched alkanes of at least 4 members (excludes halogenated alkanes) is 1. The van der Waals surface area contributed by atoms with Crippen LogP contribution in [0.3, 0.4) is 0 Å². The number of amides is 3. The fraction of sp³-hybridized carbons (Fsp3) is 0.536. The van der Waals surface area contributed by atoms with Crippen LogP contribution >= 0.6 is 0 Å². The second-order valence-electron chi connectivity index (χ2n) is 10.5. The molecule has 0 radical (unpaired) electrons. The summed E-state index contributed by atoms with van der Waals surface area (Å²) in [6.07, 6.45) is 3.05. The monoisotopic (exact) mass is 493 g/mol. The number of benzene rings is 2. The molecule has 192 valence electrons. The van der Waals surface area contributed by atoms with Crippen LogP contribution in [0.15, 0.2) is 42.5 Å². The van der Waals surface area contributed by atoms with Gasteiger partial charge < -0.3 is 25.4 Å². The van der Waals surface area contributed by atoms with Gasteiger partial charge in [-0.05, 0) is 61.9 Å². The van der Waals surface area contributed by atoms with Gasteiger partial charge in [0, 0.05) is 25.4 Å². The van der Waals surface area contributed by atoms with E-state index in [1.807, 2.05) is 56.3 Å². The van der Waals surface area contributed by atoms with Crippen molar-refractivity contribution in [1.82, 2.24) is 10.2 Å². The van der Waals surface area contributed by atoms with Crippen molar-refractivity contribution >= 4 is 34.2 Å². The molecule has 8 heteroatoms. The number of fused-ring (bicyclic) bond motifs is 2. The Morgan fingerprint density at radius 2 is 1.89 bits per heavy atom. The van der Waals surface area contributed by atoms with Crippen molar-refractivity contribution in [1.29, 1.82) is 0 Å². The number of nitrogens with one attached hydrogen (secondary N) is 2. The van der Waals surface area contributed by atoms with Gasteiger partial charge in [-0.2, -0.15) is 0 Å². The summed E-state index contributed by atoms with van der Waals surface area (Å²) >= 11 is 0. The Balaban J connectivity index is 1.48. The zero-order valence-corrected chi connectivity index (χ0v) is 21.0. The van der Waals surface area contributed by atoms with E-state index in [4.69, 9.17) is 4.74 Å². The third kappa shape index (κ3) is 3.87. The molecule has 3 N–H and O–H groups in total. The van der Waals surface area contributed by atoms with E-state index in [0.29, 0.717) is 44.5 Å². The van der Waals surface area contributed by atoms with Crippen molar-refractivity contribution in [3.8, 4) is 0 Å². The zero-order chi connectivity index (χ0) is 25.5. The van der Waals surface area contributed by atoms with Gasteiger partial charge in [-0.3, -0.25) is 14.4 Å². The molecule has 3 heterocycles. The number of anilines is 1. The molecule has 3 fully saturated rings. The molecule has 1 spiro atoms. The van der Waals surface area contributed by atoms with Gasteiger partial charge in [-0.15, -0.1) is 0 Å². The minimum Gasteiger partial charge on any atom is -0.396 e. The molecule has 0 saturated carbocycles. The molecule has 5 rings (SSSR count). The van der Waals surface area contributed by atoms with Gasteiger partial charge in [0.05, 0.1) is 17.4 Å². The summed E-state index contributed by atoms with van der Waals surface area (Å²) in [5, 5.41) is 17.4. The topological polar surface area (TPSA) is 108 Å². The highest BCUT2D eigenvalue weighted by Gasteiger charge is 2.77. The summed E-state index contributed by atoms with van der Waals surface area (Å²) in [4.78, 5) is 42.6. The van der Waals surface area contributed by atoms with E-state index in [0.717, 1.165) is 17.2 Å². The molecule has 3 amide bonds.